The average molecular weight is 201 g/mol. The zero-order valence-corrected chi connectivity index (χ0v) is 9.15. The highest BCUT2D eigenvalue weighted by molar-refractivity contribution is 5.23. The van der Waals surface area contributed by atoms with Gasteiger partial charge in [-0.15, -0.1) is 0 Å². The second-order valence-electron chi connectivity index (χ2n) is 4.98. The largest absolute Gasteiger partial charge is 0.313 e. The summed E-state index contributed by atoms with van der Waals surface area (Å²) >= 11 is 0. The molecule has 1 aliphatic carbocycles. The monoisotopic (exact) mass is 201 g/mol. The van der Waals surface area contributed by atoms with Crippen LogP contribution in [0.2, 0.25) is 0 Å². The van der Waals surface area contributed by atoms with Gasteiger partial charge >= 0.3 is 0 Å². The van der Waals surface area contributed by atoms with E-state index in [-0.39, 0.29) is 0 Å². The lowest BCUT2D eigenvalue weighted by molar-refractivity contribution is 0.308. The Morgan fingerprint density at radius 1 is 1.00 bits per heavy atom. The second-order valence-corrected chi connectivity index (χ2v) is 4.98. The zero-order chi connectivity index (χ0) is 10.1. The molecule has 3 atom stereocenters. The van der Waals surface area contributed by atoms with Gasteiger partial charge in [-0.1, -0.05) is 43.2 Å². The highest BCUT2D eigenvalue weighted by atomic mass is 15.0. The maximum absolute atomic E-state index is 3.71. The average Bonchev–Trinajstić information content (AvgIpc) is 2.74. The Labute approximate surface area is 91.9 Å². The van der Waals surface area contributed by atoms with Gasteiger partial charge in [0.05, 0.1) is 0 Å². The van der Waals surface area contributed by atoms with Crippen molar-refractivity contribution in [3.8, 4) is 0 Å². The van der Waals surface area contributed by atoms with Crippen molar-refractivity contribution in [3.63, 3.8) is 0 Å². The van der Waals surface area contributed by atoms with E-state index < -0.39 is 0 Å². The Morgan fingerprint density at radius 2 is 1.80 bits per heavy atom. The smallest absolute Gasteiger partial charge is 0.0102 e. The van der Waals surface area contributed by atoms with Crippen molar-refractivity contribution in [3.05, 3.63) is 35.9 Å². The van der Waals surface area contributed by atoms with E-state index in [2.05, 4.69) is 35.6 Å². The Bertz CT molecular complexity index is 319. The first kappa shape index (κ1) is 9.41. The first-order valence-corrected chi connectivity index (χ1v) is 6.23. The van der Waals surface area contributed by atoms with E-state index in [0.717, 1.165) is 17.9 Å². The van der Waals surface area contributed by atoms with Crippen LogP contribution in [0.5, 0.6) is 0 Å². The number of fused-ring (bicyclic) bond motifs is 1. The number of hydrogen-bond donors (Lipinski definition) is 1. The molecule has 0 unspecified atom stereocenters. The second kappa shape index (κ2) is 3.97. The molecule has 2 fully saturated rings. The maximum Gasteiger partial charge on any atom is 0.0102 e. The van der Waals surface area contributed by atoms with Gasteiger partial charge < -0.3 is 5.32 Å². The Kier molecular flexibility index (Phi) is 2.49. The molecule has 3 rings (SSSR count). The van der Waals surface area contributed by atoms with Crippen LogP contribution in [0.4, 0.5) is 0 Å². The molecule has 1 aromatic carbocycles. The number of rotatable bonds is 1. The molecule has 80 valence electrons. The fourth-order valence-electron chi connectivity index (χ4n) is 3.39. The van der Waals surface area contributed by atoms with Crippen LogP contribution >= 0.6 is 0 Å². The van der Waals surface area contributed by atoms with Gasteiger partial charge in [-0.3, -0.25) is 0 Å². The van der Waals surface area contributed by atoms with Crippen molar-refractivity contribution in [2.24, 2.45) is 5.92 Å². The minimum atomic E-state index is 0.775. The van der Waals surface area contributed by atoms with Gasteiger partial charge in [0.25, 0.3) is 0 Å². The molecule has 1 heterocycles. The van der Waals surface area contributed by atoms with Gasteiger partial charge in [-0.05, 0) is 24.3 Å². The maximum atomic E-state index is 3.71. The van der Waals surface area contributed by atoms with Crippen molar-refractivity contribution in [2.45, 2.75) is 37.6 Å². The van der Waals surface area contributed by atoms with E-state index in [1.807, 2.05) is 0 Å². The van der Waals surface area contributed by atoms with Gasteiger partial charge in [0.1, 0.15) is 0 Å². The third-order valence-corrected chi connectivity index (χ3v) is 4.16. The molecule has 0 aromatic heterocycles. The van der Waals surface area contributed by atoms with E-state index >= 15 is 0 Å². The van der Waals surface area contributed by atoms with Crippen molar-refractivity contribution >= 4 is 0 Å². The van der Waals surface area contributed by atoms with Crippen molar-refractivity contribution in [1.29, 1.82) is 0 Å². The summed E-state index contributed by atoms with van der Waals surface area (Å²) in [6, 6.07) is 11.9. The lowest BCUT2D eigenvalue weighted by Gasteiger charge is -2.28. The van der Waals surface area contributed by atoms with Crippen LogP contribution in [0.3, 0.4) is 0 Å². The van der Waals surface area contributed by atoms with E-state index in [1.54, 1.807) is 5.56 Å². The molecule has 2 aliphatic rings. The highest BCUT2D eigenvalue weighted by Gasteiger charge is 2.37. The van der Waals surface area contributed by atoms with Crippen molar-refractivity contribution in [2.75, 3.05) is 6.54 Å². The van der Waals surface area contributed by atoms with Crippen LogP contribution in [-0.4, -0.2) is 12.6 Å². The minimum Gasteiger partial charge on any atom is -0.313 e. The van der Waals surface area contributed by atoms with Gasteiger partial charge in [0.15, 0.2) is 0 Å². The summed E-state index contributed by atoms with van der Waals surface area (Å²) in [5.74, 6) is 1.68. The molecule has 1 N–H and O–H groups in total. The van der Waals surface area contributed by atoms with Gasteiger partial charge in [0.2, 0.25) is 0 Å². The van der Waals surface area contributed by atoms with Crippen molar-refractivity contribution < 1.29 is 0 Å². The van der Waals surface area contributed by atoms with Crippen molar-refractivity contribution in [1.82, 2.24) is 5.32 Å². The van der Waals surface area contributed by atoms with E-state index in [9.17, 15) is 0 Å². The van der Waals surface area contributed by atoms with Crippen LogP contribution in [0.1, 0.15) is 37.2 Å². The molecule has 1 aliphatic heterocycles. The first-order chi connectivity index (χ1) is 7.45. The summed E-state index contributed by atoms with van der Waals surface area (Å²) in [4.78, 5) is 0. The number of benzene rings is 1. The zero-order valence-electron chi connectivity index (χ0n) is 9.15. The van der Waals surface area contributed by atoms with Crippen LogP contribution < -0.4 is 5.32 Å². The number of nitrogens with one attached hydrogen (secondary N) is 1. The topological polar surface area (TPSA) is 12.0 Å². The summed E-state index contributed by atoms with van der Waals surface area (Å²) in [6.45, 7) is 1.19. The normalized spacial score (nSPS) is 35.1. The molecule has 1 saturated heterocycles. The summed E-state index contributed by atoms with van der Waals surface area (Å²) < 4.78 is 0. The molecule has 1 aromatic rings. The molecule has 1 heteroatoms. The molecule has 0 spiro atoms. The van der Waals surface area contributed by atoms with E-state index in [4.69, 9.17) is 0 Å². The summed E-state index contributed by atoms with van der Waals surface area (Å²) in [5.41, 5.74) is 1.54. The molecule has 15 heavy (non-hydrogen) atoms. The quantitative estimate of drug-likeness (QED) is 0.736. The molecule has 0 radical (unpaired) electrons. The fourth-order valence-corrected chi connectivity index (χ4v) is 3.39. The molecule has 1 nitrogen and oxygen atoms in total. The Balaban J connectivity index is 1.82. The Hall–Kier alpha value is -0.820. The van der Waals surface area contributed by atoms with Crippen LogP contribution in [0, 0.1) is 5.92 Å². The van der Waals surface area contributed by atoms with Gasteiger partial charge in [-0.2, -0.15) is 0 Å². The Morgan fingerprint density at radius 3 is 2.67 bits per heavy atom. The summed E-state index contributed by atoms with van der Waals surface area (Å²) in [7, 11) is 0. The fraction of sp³-hybridized carbons (Fsp3) is 0.571. The molecular formula is C14H19N. The molecule has 1 saturated carbocycles. The molecule has 0 bridgehead atoms. The minimum absolute atomic E-state index is 0.775. The van der Waals surface area contributed by atoms with E-state index in [1.165, 1.54) is 32.2 Å². The highest BCUT2D eigenvalue weighted by Crippen LogP contribution is 2.39. The lowest BCUT2D eigenvalue weighted by atomic mass is 9.77. The van der Waals surface area contributed by atoms with Gasteiger partial charge in [0, 0.05) is 18.5 Å². The predicted octanol–water partition coefficient (Wildman–Crippen LogP) is 2.93. The lowest BCUT2D eigenvalue weighted by Crippen LogP contribution is -2.29. The first-order valence-electron chi connectivity index (χ1n) is 6.23. The molecular weight excluding hydrogens is 182 g/mol. The third-order valence-electron chi connectivity index (χ3n) is 4.16. The number of hydrogen-bond acceptors (Lipinski definition) is 1. The van der Waals surface area contributed by atoms with Crippen LogP contribution in [-0.2, 0) is 0 Å². The molecule has 0 amide bonds. The van der Waals surface area contributed by atoms with E-state index in [0.29, 0.717) is 0 Å². The van der Waals surface area contributed by atoms with Crippen LogP contribution in [0.25, 0.3) is 0 Å². The third kappa shape index (κ3) is 1.69. The van der Waals surface area contributed by atoms with Crippen LogP contribution in [0.15, 0.2) is 30.3 Å². The van der Waals surface area contributed by atoms with Gasteiger partial charge in [-0.25, -0.2) is 0 Å². The summed E-state index contributed by atoms with van der Waals surface area (Å²) in [5, 5.41) is 3.71. The SMILES string of the molecule is c1ccc([C@@H]2CN[C@H]3CCCC[C@@H]32)cc1. The summed E-state index contributed by atoms with van der Waals surface area (Å²) in [6.07, 6.45) is 5.69. The predicted molar refractivity (Wildman–Crippen MR) is 62.9 cm³/mol. The standard InChI is InChI=1S/C14H19N/c1-2-6-11(7-3-1)13-10-15-14-9-5-4-8-12(13)14/h1-3,6-7,12-15H,4-5,8-10H2/t12-,13+,14+/m1/s1.